The summed E-state index contributed by atoms with van der Waals surface area (Å²) in [4.78, 5) is 72.5. The van der Waals surface area contributed by atoms with Crippen LogP contribution in [0, 0.1) is 0 Å². The van der Waals surface area contributed by atoms with Crippen molar-refractivity contribution < 1.29 is 42.6 Å². The minimum absolute atomic E-state index is 0.211. The third kappa shape index (κ3) is 5.96. The van der Waals surface area contributed by atoms with Gasteiger partial charge < -0.3 is 20.1 Å². The molecule has 4 rings (SSSR count). The van der Waals surface area contributed by atoms with E-state index < -0.39 is 76.9 Å². The summed E-state index contributed by atoms with van der Waals surface area (Å²) in [6.45, 7) is -0.913. The Morgan fingerprint density at radius 2 is 1.75 bits per heavy atom. The maximum Gasteiger partial charge on any atom is 0.405 e. The number of hydrazine groups is 1. The maximum atomic E-state index is 12.7. The number of carbonyl (C=O) groups excluding carboxylic acids is 4. The molecule has 7 amide bonds. The maximum absolute atomic E-state index is 12.7. The van der Waals surface area contributed by atoms with Crippen LogP contribution in [0.5, 0.6) is 5.75 Å². The number of hydrogen-bond donors (Lipinski definition) is 5. The van der Waals surface area contributed by atoms with E-state index in [1.54, 1.807) is 29.0 Å². The van der Waals surface area contributed by atoms with Crippen LogP contribution in [0.4, 0.5) is 14.4 Å². The molecule has 0 aliphatic carbocycles. The van der Waals surface area contributed by atoms with Crippen molar-refractivity contribution in [1.29, 1.82) is 0 Å². The zero-order valence-electron chi connectivity index (χ0n) is 20.5. The molecule has 17 nitrogen and oxygen atoms in total. The Labute approximate surface area is 225 Å². The second kappa shape index (κ2) is 10.9. The number of likely N-dealkylation sites (tertiary alicyclic amines) is 1. The molecule has 2 aliphatic rings. The fraction of sp³-hybridized carbons (Fsp3) is 0.273. The van der Waals surface area contributed by atoms with E-state index in [4.69, 9.17) is 5.11 Å². The van der Waals surface area contributed by atoms with Gasteiger partial charge in [0, 0.05) is 18.3 Å². The van der Waals surface area contributed by atoms with Crippen molar-refractivity contribution in [3.63, 3.8) is 0 Å². The molecule has 1 unspecified atom stereocenters. The van der Waals surface area contributed by atoms with Crippen molar-refractivity contribution in [3.05, 3.63) is 64.1 Å². The van der Waals surface area contributed by atoms with Crippen LogP contribution < -0.4 is 20.9 Å². The number of hydrogen-bond acceptors (Lipinski definition) is 9. The molecular weight excluding hydrogens is 554 g/mol. The van der Waals surface area contributed by atoms with E-state index in [0.29, 0.717) is 9.91 Å². The number of imide groups is 1. The lowest BCUT2D eigenvalue weighted by Crippen LogP contribution is -2.67. The monoisotopic (exact) mass is 577 g/mol. The molecule has 0 radical (unpaired) electrons. The minimum Gasteiger partial charge on any atom is -0.503 e. The molecule has 3 heterocycles. The summed E-state index contributed by atoms with van der Waals surface area (Å²) in [5, 5.41) is 21.0. The number of urea groups is 2. The zero-order chi connectivity index (χ0) is 29.2. The van der Waals surface area contributed by atoms with Gasteiger partial charge in [-0.15, -0.1) is 0 Å². The first kappa shape index (κ1) is 27.9. The van der Waals surface area contributed by atoms with Gasteiger partial charge in [-0.3, -0.25) is 24.7 Å². The third-order valence-electron chi connectivity index (χ3n) is 5.94. The largest absolute Gasteiger partial charge is 0.503 e. The first-order valence-electron chi connectivity index (χ1n) is 11.6. The summed E-state index contributed by atoms with van der Waals surface area (Å²) in [7, 11) is -4.79. The van der Waals surface area contributed by atoms with Crippen molar-refractivity contribution in [3.8, 4) is 5.75 Å². The standard InChI is InChI=1S/C22H23N7O10S/c30-16-8-14(26(12-17(16)31)10-13-4-2-1-3-5-13)9-18(32)24-28-6-7-29(22(28)37)40(38,39)25-20(34)27-11-15(19(27)33)23-21(35)36/h1-5,8,12,15,23,31H,6-7,9-11H2,(H,24,32)(H,25,34)(H,35,36). The van der Waals surface area contributed by atoms with Crippen molar-refractivity contribution in [2.45, 2.75) is 19.0 Å². The Bertz CT molecular complexity index is 1540. The molecule has 1 atom stereocenters. The first-order valence-corrected chi connectivity index (χ1v) is 13.0. The molecule has 18 heteroatoms. The summed E-state index contributed by atoms with van der Waals surface area (Å²) in [5.41, 5.74) is 2.56. The van der Waals surface area contributed by atoms with Crippen LogP contribution in [0.15, 0.2) is 47.4 Å². The first-order chi connectivity index (χ1) is 18.9. The predicted octanol–water partition coefficient (Wildman–Crippen LogP) is -1.65. The SMILES string of the molecule is O=C(O)NC1CN(C(=O)NS(=O)(=O)N2CCN(NC(=O)Cc3cc(=O)c(O)cn3Cc3ccccc3)C2=O)C1=O. The highest BCUT2D eigenvalue weighted by Gasteiger charge is 2.45. The minimum atomic E-state index is -4.79. The number of pyridine rings is 1. The highest BCUT2D eigenvalue weighted by molar-refractivity contribution is 7.88. The van der Waals surface area contributed by atoms with E-state index in [2.05, 4.69) is 5.43 Å². The number of aromatic hydroxyl groups is 1. The van der Waals surface area contributed by atoms with Gasteiger partial charge in [0.2, 0.25) is 11.3 Å². The van der Waals surface area contributed by atoms with Crippen molar-refractivity contribution in [2.75, 3.05) is 19.6 Å². The second-order valence-corrected chi connectivity index (χ2v) is 10.3. The van der Waals surface area contributed by atoms with Gasteiger partial charge in [-0.05, 0) is 5.56 Å². The Kier molecular flexibility index (Phi) is 7.62. The summed E-state index contributed by atoms with van der Waals surface area (Å²) in [6, 6.07) is 6.29. The number of aromatic nitrogens is 1. The van der Waals surface area contributed by atoms with Crippen LogP contribution in [0.25, 0.3) is 0 Å². The number of rotatable bonds is 8. The molecule has 2 aliphatic heterocycles. The lowest BCUT2D eigenvalue weighted by molar-refractivity contribution is -0.139. The van der Waals surface area contributed by atoms with E-state index in [1.807, 2.05) is 11.4 Å². The van der Waals surface area contributed by atoms with E-state index in [9.17, 15) is 42.3 Å². The number of benzene rings is 1. The molecule has 0 saturated carbocycles. The zero-order valence-corrected chi connectivity index (χ0v) is 21.3. The Morgan fingerprint density at radius 3 is 2.40 bits per heavy atom. The smallest absolute Gasteiger partial charge is 0.405 e. The number of nitrogens with one attached hydrogen (secondary N) is 3. The van der Waals surface area contributed by atoms with Gasteiger partial charge in [0.25, 0.3) is 5.91 Å². The Hall–Kier alpha value is -5.13. The van der Waals surface area contributed by atoms with Gasteiger partial charge in [-0.1, -0.05) is 30.3 Å². The van der Waals surface area contributed by atoms with Crippen molar-refractivity contribution in [2.24, 2.45) is 0 Å². The molecular formula is C22H23N7O10S. The highest BCUT2D eigenvalue weighted by Crippen LogP contribution is 2.15. The average Bonchev–Trinajstić information content (AvgIpc) is 3.25. The molecule has 0 spiro atoms. The van der Waals surface area contributed by atoms with Crippen molar-refractivity contribution >= 4 is 40.2 Å². The summed E-state index contributed by atoms with van der Waals surface area (Å²) >= 11 is 0. The van der Waals surface area contributed by atoms with Gasteiger partial charge in [-0.25, -0.2) is 28.4 Å². The Balaban J connectivity index is 1.37. The van der Waals surface area contributed by atoms with Crippen LogP contribution in [0.2, 0.25) is 0 Å². The van der Waals surface area contributed by atoms with Crippen molar-refractivity contribution in [1.82, 2.24) is 34.2 Å². The molecule has 40 heavy (non-hydrogen) atoms. The van der Waals surface area contributed by atoms with Crippen LogP contribution in [0.3, 0.4) is 0 Å². The fourth-order valence-electron chi connectivity index (χ4n) is 3.97. The van der Waals surface area contributed by atoms with Crippen LogP contribution >= 0.6 is 0 Å². The van der Waals surface area contributed by atoms with Gasteiger partial charge >= 0.3 is 28.4 Å². The number of nitrogens with zero attached hydrogens (tertiary/aromatic N) is 4. The van der Waals surface area contributed by atoms with E-state index >= 15 is 0 Å². The van der Waals surface area contributed by atoms with Gasteiger partial charge in [0.05, 0.1) is 32.3 Å². The van der Waals surface area contributed by atoms with E-state index in [0.717, 1.165) is 11.6 Å². The number of β-lactam (4-membered cyclic amide) rings is 1. The van der Waals surface area contributed by atoms with Gasteiger partial charge in [-0.2, -0.15) is 8.42 Å². The molecule has 2 fully saturated rings. The quantitative estimate of drug-likeness (QED) is 0.224. The number of amides is 7. The lowest BCUT2D eigenvalue weighted by atomic mass is 10.1. The van der Waals surface area contributed by atoms with Crippen LogP contribution in [-0.2, 0) is 32.8 Å². The normalized spacial score (nSPS) is 16.9. The molecule has 212 valence electrons. The van der Waals surface area contributed by atoms with Crippen LogP contribution in [-0.4, -0.2) is 93.1 Å². The topological polar surface area (TPSA) is 228 Å². The molecule has 1 aromatic heterocycles. The molecule has 2 saturated heterocycles. The Morgan fingerprint density at radius 1 is 1.05 bits per heavy atom. The molecule has 5 N–H and O–H groups in total. The highest BCUT2D eigenvalue weighted by atomic mass is 32.2. The van der Waals surface area contributed by atoms with Gasteiger partial charge in [0.15, 0.2) is 5.75 Å². The fourth-order valence-corrected chi connectivity index (χ4v) is 5.03. The van der Waals surface area contributed by atoms with Crippen LogP contribution in [0.1, 0.15) is 11.3 Å². The lowest BCUT2D eigenvalue weighted by Gasteiger charge is -2.36. The van der Waals surface area contributed by atoms with Gasteiger partial charge in [0.1, 0.15) is 6.04 Å². The predicted molar refractivity (Wildman–Crippen MR) is 133 cm³/mol. The number of carbonyl (C=O) groups is 5. The number of carboxylic acid groups (broad SMARTS) is 1. The summed E-state index contributed by atoms with van der Waals surface area (Å²) < 4.78 is 28.5. The molecule has 1 aromatic carbocycles. The average molecular weight is 578 g/mol. The molecule has 2 aromatic rings. The summed E-state index contributed by atoms with van der Waals surface area (Å²) in [6.07, 6.45) is -0.725. The van der Waals surface area contributed by atoms with E-state index in [-0.39, 0.29) is 23.1 Å². The second-order valence-electron chi connectivity index (χ2n) is 8.71. The third-order valence-corrected chi connectivity index (χ3v) is 7.30. The summed E-state index contributed by atoms with van der Waals surface area (Å²) in [5.74, 6) is -2.27. The van der Waals surface area contributed by atoms with E-state index in [1.165, 1.54) is 10.8 Å². The molecule has 0 bridgehead atoms.